The minimum absolute atomic E-state index is 0.0389. The van der Waals surface area contributed by atoms with Gasteiger partial charge < -0.3 is 15.0 Å². The van der Waals surface area contributed by atoms with Gasteiger partial charge in [-0.05, 0) is 23.8 Å². The van der Waals surface area contributed by atoms with E-state index < -0.39 is 0 Å². The van der Waals surface area contributed by atoms with Crippen molar-refractivity contribution in [2.45, 2.75) is 0 Å². The van der Waals surface area contributed by atoms with Crippen molar-refractivity contribution in [2.24, 2.45) is 0 Å². The van der Waals surface area contributed by atoms with Gasteiger partial charge >= 0.3 is 0 Å². The van der Waals surface area contributed by atoms with Crippen LogP contribution in [0.5, 0.6) is 0 Å². The second-order valence-corrected chi connectivity index (χ2v) is 5.72. The number of nitrogens with one attached hydrogen (secondary N) is 1. The van der Waals surface area contributed by atoms with Crippen molar-refractivity contribution in [3.63, 3.8) is 0 Å². The quantitative estimate of drug-likeness (QED) is 0.867. The fourth-order valence-electron chi connectivity index (χ4n) is 3.14. The minimum atomic E-state index is -0.0389. The van der Waals surface area contributed by atoms with E-state index in [2.05, 4.69) is 22.3 Å². The number of hydrogen-bond acceptors (Lipinski definition) is 3. The van der Waals surface area contributed by atoms with Gasteiger partial charge in [-0.25, -0.2) is 0 Å². The first-order chi connectivity index (χ1) is 11.3. The summed E-state index contributed by atoms with van der Waals surface area (Å²) in [4.78, 5) is 14.6. The lowest BCUT2D eigenvalue weighted by Gasteiger charge is -2.30. The Kier molecular flexibility index (Phi) is 3.60. The predicted octanol–water partition coefficient (Wildman–Crippen LogP) is 3.02. The molecule has 0 bridgehead atoms. The van der Waals surface area contributed by atoms with Gasteiger partial charge in [-0.1, -0.05) is 36.4 Å². The smallest absolute Gasteiger partial charge is 0.256 e. The van der Waals surface area contributed by atoms with Crippen molar-refractivity contribution in [3.8, 4) is 0 Å². The van der Waals surface area contributed by atoms with E-state index >= 15 is 0 Å². The van der Waals surface area contributed by atoms with Gasteiger partial charge in [0.25, 0.3) is 5.91 Å². The third-order valence-corrected chi connectivity index (χ3v) is 4.30. The van der Waals surface area contributed by atoms with Gasteiger partial charge in [0.05, 0.1) is 13.2 Å². The number of amides is 1. The van der Waals surface area contributed by atoms with Crippen LogP contribution in [-0.4, -0.2) is 32.2 Å². The van der Waals surface area contributed by atoms with Gasteiger partial charge in [0.15, 0.2) is 0 Å². The van der Waals surface area contributed by atoms with Crippen LogP contribution < -0.4 is 10.2 Å². The molecule has 2 aliphatic heterocycles. The van der Waals surface area contributed by atoms with Gasteiger partial charge in [-0.2, -0.15) is 0 Å². The highest BCUT2D eigenvalue weighted by atomic mass is 16.5. The Morgan fingerprint density at radius 3 is 2.61 bits per heavy atom. The maximum Gasteiger partial charge on any atom is 0.256 e. The van der Waals surface area contributed by atoms with Crippen molar-refractivity contribution in [3.05, 3.63) is 59.7 Å². The van der Waals surface area contributed by atoms with Crippen LogP contribution in [0.1, 0.15) is 11.1 Å². The third kappa shape index (κ3) is 2.62. The molecule has 1 fully saturated rings. The lowest BCUT2D eigenvalue weighted by molar-refractivity contribution is -0.110. The number of nitrogens with zero attached hydrogens (tertiary/aromatic N) is 1. The first-order valence-corrected chi connectivity index (χ1v) is 7.87. The Morgan fingerprint density at radius 2 is 1.74 bits per heavy atom. The lowest BCUT2D eigenvalue weighted by atomic mass is 10.0. The fourth-order valence-corrected chi connectivity index (χ4v) is 3.14. The number of carbonyl (C=O) groups excluding carboxylic acids is 1. The molecule has 0 aliphatic carbocycles. The molecule has 0 spiro atoms. The molecule has 4 nitrogen and oxygen atoms in total. The molecule has 4 rings (SSSR count). The number of anilines is 2. The Balaban J connectivity index is 1.76. The number of ether oxygens (including phenoxy) is 1. The number of rotatable bonds is 2. The highest BCUT2D eigenvalue weighted by molar-refractivity contribution is 6.35. The van der Waals surface area contributed by atoms with Crippen molar-refractivity contribution in [1.29, 1.82) is 0 Å². The predicted molar refractivity (Wildman–Crippen MR) is 92.4 cm³/mol. The first-order valence-electron chi connectivity index (χ1n) is 7.87. The molecule has 0 unspecified atom stereocenters. The Labute approximate surface area is 135 Å². The average Bonchev–Trinajstić information content (AvgIpc) is 2.92. The third-order valence-electron chi connectivity index (χ3n) is 4.30. The summed E-state index contributed by atoms with van der Waals surface area (Å²) in [6.07, 6.45) is 1.99. The molecule has 0 radical (unpaired) electrons. The van der Waals surface area contributed by atoms with Crippen molar-refractivity contribution < 1.29 is 9.53 Å². The Bertz CT molecular complexity index is 776. The normalized spacial score (nSPS) is 18.9. The topological polar surface area (TPSA) is 41.6 Å². The van der Waals surface area contributed by atoms with E-state index in [-0.39, 0.29) is 5.91 Å². The van der Waals surface area contributed by atoms with Gasteiger partial charge in [0.1, 0.15) is 0 Å². The summed E-state index contributed by atoms with van der Waals surface area (Å²) in [6.45, 7) is 3.24. The van der Waals surface area contributed by atoms with Crippen LogP contribution in [0.25, 0.3) is 11.6 Å². The van der Waals surface area contributed by atoms with E-state index in [1.807, 2.05) is 42.5 Å². The first kappa shape index (κ1) is 14.0. The molecule has 2 aliphatic rings. The molecule has 116 valence electrons. The number of carbonyl (C=O) groups is 1. The highest BCUT2D eigenvalue weighted by Crippen LogP contribution is 2.34. The van der Waals surface area contributed by atoms with E-state index in [9.17, 15) is 4.79 Å². The molecular weight excluding hydrogens is 288 g/mol. The summed E-state index contributed by atoms with van der Waals surface area (Å²) in [6, 6.07) is 16.0. The monoisotopic (exact) mass is 306 g/mol. The summed E-state index contributed by atoms with van der Waals surface area (Å²) in [7, 11) is 0. The van der Waals surface area contributed by atoms with Gasteiger partial charge in [0.2, 0.25) is 0 Å². The van der Waals surface area contributed by atoms with Crippen molar-refractivity contribution >= 4 is 28.9 Å². The lowest BCUT2D eigenvalue weighted by Crippen LogP contribution is -2.36. The number of morpholine rings is 1. The molecule has 4 heteroatoms. The van der Waals surface area contributed by atoms with E-state index in [0.717, 1.165) is 54.4 Å². The molecule has 2 heterocycles. The number of para-hydroxylation sites is 2. The minimum Gasteiger partial charge on any atom is -0.378 e. The maximum absolute atomic E-state index is 12.3. The highest BCUT2D eigenvalue weighted by Gasteiger charge is 2.24. The summed E-state index contributed by atoms with van der Waals surface area (Å²) < 4.78 is 5.44. The number of fused-ring (bicyclic) bond motifs is 1. The zero-order valence-corrected chi connectivity index (χ0v) is 12.8. The summed E-state index contributed by atoms with van der Waals surface area (Å²) in [5.41, 5.74) is 4.79. The second kappa shape index (κ2) is 5.89. The average molecular weight is 306 g/mol. The molecule has 2 aromatic carbocycles. The van der Waals surface area contributed by atoms with Crippen molar-refractivity contribution in [2.75, 3.05) is 36.5 Å². The molecule has 1 amide bonds. The zero-order chi connectivity index (χ0) is 15.6. The molecule has 0 aromatic heterocycles. The van der Waals surface area contributed by atoms with Crippen molar-refractivity contribution in [1.82, 2.24) is 0 Å². The van der Waals surface area contributed by atoms with Gasteiger partial charge in [-0.15, -0.1) is 0 Å². The second-order valence-electron chi connectivity index (χ2n) is 5.72. The molecule has 23 heavy (non-hydrogen) atoms. The molecule has 1 N–H and O–H groups in total. The Hall–Kier alpha value is -2.59. The molecule has 1 saturated heterocycles. The van der Waals surface area contributed by atoms with Crippen LogP contribution in [0.15, 0.2) is 48.5 Å². The zero-order valence-electron chi connectivity index (χ0n) is 12.8. The summed E-state index contributed by atoms with van der Waals surface area (Å²) in [5, 5.41) is 2.93. The van der Waals surface area contributed by atoms with Crippen LogP contribution in [0.2, 0.25) is 0 Å². The Morgan fingerprint density at radius 1 is 1.00 bits per heavy atom. The summed E-state index contributed by atoms with van der Waals surface area (Å²) >= 11 is 0. The molecule has 2 aromatic rings. The largest absolute Gasteiger partial charge is 0.378 e. The van der Waals surface area contributed by atoms with E-state index in [1.165, 1.54) is 0 Å². The SMILES string of the molecule is O=C1Nc2ccccc2/C1=C\c1ccccc1N1CCOCC1. The molecular formula is C19H18N2O2. The van der Waals surface area contributed by atoms with E-state index in [1.54, 1.807) is 0 Å². The maximum atomic E-state index is 12.3. The molecule has 0 atom stereocenters. The standard InChI is InChI=1S/C19H18N2O2/c22-19-16(15-6-2-3-7-17(15)20-19)13-14-5-1-4-8-18(14)21-9-11-23-12-10-21/h1-8,13H,9-12H2,(H,20,22)/b16-13+. The van der Waals surface area contributed by atoms with Crippen LogP contribution in [0.3, 0.4) is 0 Å². The van der Waals surface area contributed by atoms with Crippen LogP contribution in [0, 0.1) is 0 Å². The van der Waals surface area contributed by atoms with Crippen LogP contribution in [0.4, 0.5) is 11.4 Å². The van der Waals surface area contributed by atoms with E-state index in [4.69, 9.17) is 4.74 Å². The fraction of sp³-hybridized carbons (Fsp3) is 0.211. The summed E-state index contributed by atoms with van der Waals surface area (Å²) in [5.74, 6) is -0.0389. The number of hydrogen-bond donors (Lipinski definition) is 1. The molecule has 0 saturated carbocycles. The van der Waals surface area contributed by atoms with Crippen LogP contribution in [-0.2, 0) is 9.53 Å². The number of benzene rings is 2. The van der Waals surface area contributed by atoms with E-state index in [0.29, 0.717) is 0 Å². The van der Waals surface area contributed by atoms with Crippen LogP contribution >= 0.6 is 0 Å². The van der Waals surface area contributed by atoms with Gasteiger partial charge in [0, 0.05) is 35.6 Å². The van der Waals surface area contributed by atoms with Gasteiger partial charge in [-0.3, -0.25) is 4.79 Å².